The number of amides is 2. The standard InChI is InChI=1S/C32H44N2O4/c1-12-26-27(22(4)5)17-14-18-28(26)32(10,11)34(30(36)38-23(6)7)20-37-29(35)33-31(8,9)25-16-13-15-24(19-25)21(2)3/h13-19,23H,2,4,12,20H2,1,3,5-11H3,(H,33,35). The van der Waals surface area contributed by atoms with Crippen LogP contribution in [0.25, 0.3) is 11.1 Å². The van der Waals surface area contributed by atoms with Gasteiger partial charge in [0.25, 0.3) is 0 Å². The second kappa shape index (κ2) is 12.3. The van der Waals surface area contributed by atoms with E-state index in [0.29, 0.717) is 0 Å². The fraction of sp³-hybridized carbons (Fsp3) is 0.438. The van der Waals surface area contributed by atoms with Crippen molar-refractivity contribution in [3.05, 3.63) is 83.4 Å². The van der Waals surface area contributed by atoms with Gasteiger partial charge in [0.1, 0.15) is 0 Å². The van der Waals surface area contributed by atoms with Crippen molar-refractivity contribution < 1.29 is 19.1 Å². The quantitative estimate of drug-likeness (QED) is 0.322. The molecule has 0 radical (unpaired) electrons. The first-order valence-corrected chi connectivity index (χ1v) is 13.1. The van der Waals surface area contributed by atoms with Crippen LogP contribution in [0.5, 0.6) is 0 Å². The smallest absolute Gasteiger partial charge is 0.413 e. The van der Waals surface area contributed by atoms with E-state index in [2.05, 4.69) is 25.4 Å². The summed E-state index contributed by atoms with van der Waals surface area (Å²) in [5.74, 6) is 0. The van der Waals surface area contributed by atoms with Crippen molar-refractivity contribution >= 4 is 23.3 Å². The van der Waals surface area contributed by atoms with Gasteiger partial charge >= 0.3 is 12.2 Å². The van der Waals surface area contributed by atoms with E-state index >= 15 is 0 Å². The minimum atomic E-state index is -0.839. The molecular formula is C32H44N2O4. The van der Waals surface area contributed by atoms with E-state index in [0.717, 1.165) is 45.4 Å². The zero-order chi connectivity index (χ0) is 28.8. The molecule has 0 spiro atoms. The van der Waals surface area contributed by atoms with E-state index in [1.807, 2.05) is 84.0 Å². The lowest BCUT2D eigenvalue weighted by molar-refractivity contribution is -0.00864. The Balaban J connectivity index is 2.34. The van der Waals surface area contributed by atoms with Crippen LogP contribution in [-0.4, -0.2) is 29.9 Å². The summed E-state index contributed by atoms with van der Waals surface area (Å²) < 4.78 is 11.2. The molecule has 6 nitrogen and oxygen atoms in total. The highest BCUT2D eigenvalue weighted by Gasteiger charge is 2.37. The highest BCUT2D eigenvalue weighted by atomic mass is 16.6. The Morgan fingerprint density at radius 1 is 1.00 bits per heavy atom. The third kappa shape index (κ3) is 7.27. The Labute approximate surface area is 228 Å². The van der Waals surface area contributed by atoms with E-state index in [-0.39, 0.29) is 12.8 Å². The molecule has 0 atom stereocenters. The van der Waals surface area contributed by atoms with Crippen LogP contribution in [0.2, 0.25) is 0 Å². The van der Waals surface area contributed by atoms with Gasteiger partial charge in [-0.3, -0.25) is 4.90 Å². The molecule has 0 heterocycles. The van der Waals surface area contributed by atoms with Gasteiger partial charge in [0.15, 0.2) is 6.73 Å². The molecule has 1 N–H and O–H groups in total. The number of nitrogens with one attached hydrogen (secondary N) is 1. The summed E-state index contributed by atoms with van der Waals surface area (Å²) in [6.45, 7) is 25.1. The van der Waals surface area contributed by atoms with Crippen molar-refractivity contribution in [1.82, 2.24) is 10.2 Å². The first-order valence-electron chi connectivity index (χ1n) is 13.1. The molecule has 0 fully saturated rings. The lowest BCUT2D eigenvalue weighted by Gasteiger charge is -2.39. The molecule has 6 heteroatoms. The van der Waals surface area contributed by atoms with Crippen molar-refractivity contribution in [3.63, 3.8) is 0 Å². The molecule has 2 rings (SSSR count). The van der Waals surface area contributed by atoms with Crippen LogP contribution in [-0.2, 0) is 27.0 Å². The van der Waals surface area contributed by atoms with E-state index < -0.39 is 23.3 Å². The van der Waals surface area contributed by atoms with Crippen LogP contribution < -0.4 is 5.32 Å². The van der Waals surface area contributed by atoms with Crippen molar-refractivity contribution in [2.24, 2.45) is 0 Å². The van der Waals surface area contributed by atoms with Crippen molar-refractivity contribution in [2.45, 2.75) is 85.9 Å². The highest BCUT2D eigenvalue weighted by Crippen LogP contribution is 2.35. The highest BCUT2D eigenvalue weighted by molar-refractivity contribution is 5.72. The summed E-state index contributed by atoms with van der Waals surface area (Å²) in [4.78, 5) is 27.7. The predicted octanol–water partition coefficient (Wildman–Crippen LogP) is 8.02. The molecule has 0 unspecified atom stereocenters. The van der Waals surface area contributed by atoms with Gasteiger partial charge < -0.3 is 14.8 Å². The first-order chi connectivity index (χ1) is 17.6. The fourth-order valence-corrected chi connectivity index (χ4v) is 4.45. The normalized spacial score (nSPS) is 11.6. The Kier molecular flexibility index (Phi) is 9.96. The summed E-state index contributed by atoms with van der Waals surface area (Å²) in [6, 6.07) is 13.9. The molecule has 2 aromatic carbocycles. The summed E-state index contributed by atoms with van der Waals surface area (Å²) in [5.41, 5.74) is 5.33. The molecule has 0 saturated carbocycles. The minimum Gasteiger partial charge on any atom is -0.447 e. The molecule has 0 bridgehead atoms. The van der Waals surface area contributed by atoms with Crippen molar-refractivity contribution in [1.29, 1.82) is 0 Å². The van der Waals surface area contributed by atoms with Crippen LogP contribution in [0.15, 0.2) is 55.6 Å². The van der Waals surface area contributed by atoms with Crippen LogP contribution in [0.4, 0.5) is 9.59 Å². The van der Waals surface area contributed by atoms with E-state index in [9.17, 15) is 9.59 Å². The molecule has 38 heavy (non-hydrogen) atoms. The molecular weight excluding hydrogens is 476 g/mol. The first kappa shape index (κ1) is 30.7. The molecule has 0 aliphatic carbocycles. The van der Waals surface area contributed by atoms with Crippen LogP contribution in [0, 0.1) is 0 Å². The Morgan fingerprint density at radius 2 is 1.63 bits per heavy atom. The van der Waals surface area contributed by atoms with Gasteiger partial charge in [0.2, 0.25) is 0 Å². The van der Waals surface area contributed by atoms with Crippen molar-refractivity contribution in [2.75, 3.05) is 6.73 Å². The molecule has 0 aliphatic rings. The number of alkyl carbamates (subject to hydrolysis) is 1. The number of nitrogens with zero attached hydrogens (tertiary/aromatic N) is 1. The van der Waals surface area contributed by atoms with Crippen LogP contribution in [0.3, 0.4) is 0 Å². The molecule has 2 amide bonds. The van der Waals surface area contributed by atoms with Gasteiger partial charge in [-0.15, -0.1) is 0 Å². The van der Waals surface area contributed by atoms with E-state index in [1.54, 1.807) is 13.8 Å². The number of hydrogen-bond donors (Lipinski definition) is 1. The second-order valence-corrected chi connectivity index (χ2v) is 11.1. The van der Waals surface area contributed by atoms with Gasteiger partial charge in [-0.2, -0.15) is 0 Å². The second-order valence-electron chi connectivity index (χ2n) is 11.1. The Hall–Kier alpha value is -3.54. The predicted molar refractivity (Wildman–Crippen MR) is 156 cm³/mol. The maximum absolute atomic E-state index is 13.3. The van der Waals surface area contributed by atoms with E-state index in [1.165, 1.54) is 4.90 Å². The van der Waals surface area contributed by atoms with Crippen molar-refractivity contribution in [3.8, 4) is 0 Å². The summed E-state index contributed by atoms with van der Waals surface area (Å²) in [6.07, 6.45) is -0.774. The fourth-order valence-electron chi connectivity index (χ4n) is 4.45. The van der Waals surface area contributed by atoms with E-state index in [4.69, 9.17) is 9.47 Å². The van der Waals surface area contributed by atoms with Crippen LogP contribution in [0.1, 0.15) is 90.1 Å². The number of allylic oxidation sites excluding steroid dienone is 2. The third-order valence-corrected chi connectivity index (χ3v) is 6.70. The lowest BCUT2D eigenvalue weighted by atomic mass is 9.84. The topological polar surface area (TPSA) is 67.9 Å². The summed E-state index contributed by atoms with van der Waals surface area (Å²) in [7, 11) is 0. The molecule has 0 saturated heterocycles. The Bertz CT molecular complexity index is 1190. The number of benzene rings is 2. The average Bonchev–Trinajstić information content (AvgIpc) is 2.82. The van der Waals surface area contributed by atoms with Gasteiger partial charge in [-0.1, -0.05) is 67.6 Å². The zero-order valence-electron chi connectivity index (χ0n) is 24.5. The maximum atomic E-state index is 13.3. The number of carbonyl (C=O) groups is 2. The van der Waals surface area contributed by atoms with Gasteiger partial charge in [-0.25, -0.2) is 9.59 Å². The Morgan fingerprint density at radius 3 is 2.18 bits per heavy atom. The van der Waals surface area contributed by atoms with Gasteiger partial charge in [0.05, 0.1) is 17.2 Å². The average molecular weight is 521 g/mol. The summed E-state index contributed by atoms with van der Waals surface area (Å²) >= 11 is 0. The van der Waals surface area contributed by atoms with Crippen LogP contribution >= 0.6 is 0 Å². The third-order valence-electron chi connectivity index (χ3n) is 6.70. The summed E-state index contributed by atoms with van der Waals surface area (Å²) in [5, 5.41) is 2.93. The number of carbonyl (C=O) groups excluding carboxylic acids is 2. The number of hydrogen-bond acceptors (Lipinski definition) is 4. The number of ether oxygens (including phenoxy) is 2. The molecule has 206 valence electrons. The van der Waals surface area contributed by atoms with Gasteiger partial charge in [0, 0.05) is 0 Å². The largest absolute Gasteiger partial charge is 0.447 e. The van der Waals surface area contributed by atoms with Gasteiger partial charge in [-0.05, 0) is 95.7 Å². The zero-order valence-corrected chi connectivity index (χ0v) is 24.5. The lowest BCUT2D eigenvalue weighted by Crippen LogP contribution is -2.50. The molecule has 0 aromatic heterocycles. The SMILES string of the molecule is C=C(C)c1cccc(C(C)(C)NC(=O)OCN(C(=O)OC(C)C)C(C)(C)c2cccc(C(=C)C)c2CC)c1. The molecule has 0 aliphatic heterocycles. The maximum Gasteiger partial charge on any atom is 0.413 e. The monoisotopic (exact) mass is 520 g/mol. The molecule has 2 aromatic rings. The minimum absolute atomic E-state index is 0.285. The number of rotatable bonds is 10.